The molecule has 5 heteroatoms. The number of halogens is 3. The smallest absolute Gasteiger partial charge is 0.152 e. The molecule has 0 heterocycles. The van der Waals surface area contributed by atoms with E-state index in [1.54, 1.807) is 0 Å². The Bertz CT molecular complexity index is 11.6. The van der Waals surface area contributed by atoms with Crippen LogP contribution >= 0.6 is 8.85 Å². The molecule has 0 N–H and O–H groups in total. The highest BCUT2D eigenvalue weighted by Crippen LogP contribution is 2.39. The van der Waals surface area contributed by atoms with E-state index < -0.39 is 8.85 Å². The van der Waals surface area contributed by atoms with Crippen LogP contribution in [0.2, 0.25) is 0 Å². The van der Waals surface area contributed by atoms with Gasteiger partial charge in [0.25, 0.3) is 0 Å². The van der Waals surface area contributed by atoms with Crippen LogP contribution in [-0.4, -0.2) is 8.41 Å². The Morgan fingerprint density at radius 2 is 1.00 bits per heavy atom. The van der Waals surface area contributed by atoms with Crippen molar-refractivity contribution in [1.29, 1.82) is 0 Å². The van der Waals surface area contributed by atoms with Gasteiger partial charge in [-0.25, -0.2) is 0 Å². The number of hydrogen-bond acceptors (Lipinski definition) is 0. The Kier molecular flexibility index (Phi) is 7.71. The molecule has 0 aliphatic carbocycles. The Hall–Kier alpha value is 0.285. The van der Waals surface area contributed by atoms with Crippen LogP contribution in [0.15, 0.2) is 0 Å². The van der Waals surface area contributed by atoms with E-state index in [4.69, 9.17) is 0 Å². The Labute approximate surface area is 31.1 Å². The maximum Gasteiger partial charge on any atom is 0.456 e. The van der Waals surface area contributed by atoms with Gasteiger partial charge in [0, 0.05) is 0 Å². The molecule has 0 saturated heterocycles. The summed E-state index contributed by atoms with van der Waals surface area (Å²) in [6.07, 6.45) is 0. The fraction of sp³-hybridized carbons (Fsp3) is 0. The third kappa shape index (κ3) is 276. The first-order valence-electron chi connectivity index (χ1n) is 0.507. The average Bonchev–Trinajstić information content (AvgIpc) is 0.811. The van der Waals surface area contributed by atoms with E-state index in [1.807, 2.05) is 0 Å². The van der Waals surface area contributed by atoms with Crippen molar-refractivity contribution in [3.8, 4) is 0 Å². The van der Waals surface area contributed by atoms with Crippen molar-refractivity contribution in [3.05, 3.63) is 0 Å². The molecule has 0 nitrogen and oxygen atoms in total. The predicted molar refractivity (Wildman–Crippen MR) is 20.2 cm³/mol. The third-order valence-corrected chi connectivity index (χ3v) is 0. The fourth-order valence-corrected chi connectivity index (χ4v) is 0. The molecule has 5 heavy (non-hydrogen) atoms. The van der Waals surface area contributed by atoms with Crippen molar-refractivity contribution in [2.45, 2.75) is 0 Å². The molecule has 0 fully saturated rings. The second-order valence-electron chi connectivity index (χ2n) is 0.192. The van der Waals surface area contributed by atoms with E-state index in [2.05, 4.69) is 0 Å². The second kappa shape index (κ2) is 4.28. The van der Waals surface area contributed by atoms with Crippen LogP contribution in [0.25, 0.3) is 0 Å². The van der Waals surface area contributed by atoms with Crippen molar-refractivity contribution < 1.29 is 12.6 Å². The molecular formula is H3BF3P. The average molecular weight is 102 g/mol. The molecule has 0 unspecified atom stereocenters. The van der Waals surface area contributed by atoms with Crippen LogP contribution in [0.4, 0.5) is 12.6 Å². The highest BCUT2D eigenvalue weighted by Gasteiger charge is 1.91. The molecule has 0 aromatic heterocycles. The van der Waals surface area contributed by atoms with E-state index in [0.29, 0.717) is 0 Å². The predicted octanol–water partition coefficient (Wildman–Crippen LogP) is 0.938. The van der Waals surface area contributed by atoms with E-state index >= 15 is 0 Å². The highest BCUT2D eigenvalue weighted by molar-refractivity contribution is 7.40. The van der Waals surface area contributed by atoms with Gasteiger partial charge < -0.3 is 0 Å². The zero-order chi connectivity index (χ0) is 3.58. The van der Waals surface area contributed by atoms with Crippen LogP contribution in [0.3, 0.4) is 0 Å². The lowest BCUT2D eigenvalue weighted by molar-refractivity contribution is 0.633. The van der Waals surface area contributed by atoms with Crippen molar-refractivity contribution in [2.24, 2.45) is 0 Å². The molecule has 0 atom stereocenters. The zero-order valence-electron chi connectivity index (χ0n) is 1.58. The molecular weight excluding hydrogens is 98.8 g/mol. The molecule has 0 aliphatic rings. The fourth-order valence-electron chi connectivity index (χ4n) is 0. The Morgan fingerprint density at radius 3 is 1.00 bits per heavy atom. The first kappa shape index (κ1) is 8.99. The minimum atomic E-state index is -4.12. The molecule has 0 bridgehead atoms. The van der Waals surface area contributed by atoms with Gasteiger partial charge in [-0.3, -0.25) is 0 Å². The zero-order valence-corrected chi connectivity index (χ0v) is 2.48. The maximum atomic E-state index is 9.73. The summed E-state index contributed by atoms with van der Waals surface area (Å²) in [5.74, 6) is 0. The summed E-state index contributed by atoms with van der Waals surface area (Å²) in [6, 6.07) is 0. The monoisotopic (exact) mass is 102 g/mol. The van der Waals surface area contributed by atoms with Crippen molar-refractivity contribution in [2.75, 3.05) is 0 Å². The van der Waals surface area contributed by atoms with E-state index in [0.717, 1.165) is 0 Å². The van der Waals surface area contributed by atoms with Gasteiger partial charge in [0.15, 0.2) is 0 Å². The van der Waals surface area contributed by atoms with Gasteiger partial charge in [0.05, 0.1) is 8.41 Å². The minimum Gasteiger partial charge on any atom is -0.152 e. The van der Waals surface area contributed by atoms with Crippen LogP contribution in [0.1, 0.15) is 0 Å². The molecule has 0 aliphatic heterocycles. The Morgan fingerprint density at radius 1 is 1.00 bits per heavy atom. The number of hydrogen-bond donors (Lipinski definition) is 0. The molecule has 0 amide bonds. The van der Waals surface area contributed by atoms with Crippen LogP contribution < -0.4 is 0 Å². The first-order chi connectivity index (χ1) is 1.73. The molecule has 32 valence electrons. The summed E-state index contributed by atoms with van der Waals surface area (Å²) < 4.78 is 29.2. The van der Waals surface area contributed by atoms with Crippen LogP contribution in [0, 0.1) is 0 Å². The Balaban J connectivity index is 0. The topological polar surface area (TPSA) is 0 Å². The van der Waals surface area contributed by atoms with Gasteiger partial charge in [-0.15, -0.1) is 0 Å². The van der Waals surface area contributed by atoms with Gasteiger partial charge in [-0.1, -0.05) is 0 Å². The SMILES string of the molecule is B.FP(F)F. The van der Waals surface area contributed by atoms with E-state index in [9.17, 15) is 12.6 Å². The molecule has 0 radical (unpaired) electrons. The van der Waals surface area contributed by atoms with E-state index in [-0.39, 0.29) is 8.41 Å². The summed E-state index contributed by atoms with van der Waals surface area (Å²) >= 11 is 0. The van der Waals surface area contributed by atoms with Crippen molar-refractivity contribution in [1.82, 2.24) is 0 Å². The molecule has 0 spiro atoms. The molecule has 0 saturated carbocycles. The summed E-state index contributed by atoms with van der Waals surface area (Å²) in [4.78, 5) is 0. The third-order valence-electron chi connectivity index (χ3n) is 0. The summed E-state index contributed by atoms with van der Waals surface area (Å²) in [5.41, 5.74) is 0. The second-order valence-corrected chi connectivity index (χ2v) is 0.575. The lowest BCUT2D eigenvalue weighted by Crippen LogP contribution is -1.10. The molecule has 0 rings (SSSR count). The van der Waals surface area contributed by atoms with E-state index in [1.165, 1.54) is 0 Å². The normalized spacial score (nSPS) is 7.20. The first-order valence-corrected chi connectivity index (χ1v) is 1.52. The van der Waals surface area contributed by atoms with Gasteiger partial charge in [0.1, 0.15) is 0 Å². The van der Waals surface area contributed by atoms with Crippen molar-refractivity contribution in [3.63, 3.8) is 0 Å². The summed E-state index contributed by atoms with van der Waals surface area (Å²) in [6.45, 7) is 0. The highest BCUT2D eigenvalue weighted by atomic mass is 31.2. The lowest BCUT2D eigenvalue weighted by atomic mass is 10.8. The minimum absolute atomic E-state index is 0. The quantitative estimate of drug-likeness (QED) is 0.315. The summed E-state index contributed by atoms with van der Waals surface area (Å²) in [7, 11) is -4.12. The standard InChI is InChI=1S/BH3.F3P/c;1-4(2)3/h1H3;. The number of rotatable bonds is 0. The largest absolute Gasteiger partial charge is 0.456 e. The molecule has 0 aromatic rings. The van der Waals surface area contributed by atoms with Gasteiger partial charge in [0.2, 0.25) is 0 Å². The van der Waals surface area contributed by atoms with Crippen LogP contribution in [0.5, 0.6) is 0 Å². The van der Waals surface area contributed by atoms with Crippen LogP contribution in [-0.2, 0) is 0 Å². The summed E-state index contributed by atoms with van der Waals surface area (Å²) in [5, 5.41) is 0. The van der Waals surface area contributed by atoms with Gasteiger partial charge >= 0.3 is 8.85 Å². The lowest BCUT2D eigenvalue weighted by Gasteiger charge is -1.61. The molecule has 0 aromatic carbocycles. The van der Waals surface area contributed by atoms with Gasteiger partial charge in [-0.2, -0.15) is 12.6 Å². The van der Waals surface area contributed by atoms with Crippen molar-refractivity contribution >= 4 is 17.3 Å². The maximum absolute atomic E-state index is 9.73. The van der Waals surface area contributed by atoms with Gasteiger partial charge in [-0.05, 0) is 0 Å².